The Morgan fingerprint density at radius 1 is 1.20 bits per heavy atom. The Morgan fingerprint density at radius 2 is 1.96 bits per heavy atom. The molecular formula is C18H20N4O2S. The molecule has 0 aliphatic carbocycles. The highest BCUT2D eigenvalue weighted by molar-refractivity contribution is 7.08. The summed E-state index contributed by atoms with van der Waals surface area (Å²) in [6.45, 7) is 1.84. The van der Waals surface area contributed by atoms with Crippen LogP contribution in [-0.2, 0) is 0 Å². The molecule has 2 fully saturated rings. The van der Waals surface area contributed by atoms with Gasteiger partial charge in [-0.05, 0) is 44.1 Å². The molecule has 4 heterocycles. The lowest BCUT2D eigenvalue weighted by molar-refractivity contribution is 0.0549. The fraction of sp³-hybridized carbons (Fsp3) is 0.444. The van der Waals surface area contributed by atoms with Crippen LogP contribution in [0.2, 0.25) is 0 Å². The first-order chi connectivity index (χ1) is 12.1. The molecule has 0 saturated carbocycles. The van der Waals surface area contributed by atoms with Crippen LogP contribution in [0.5, 0.6) is 0 Å². The first-order valence-corrected chi connectivity index (χ1v) is 9.50. The third-order valence-electron chi connectivity index (χ3n) is 5.08. The molecule has 2 aromatic rings. The van der Waals surface area contributed by atoms with E-state index in [-0.39, 0.29) is 29.9 Å². The molecule has 6 nitrogen and oxygen atoms in total. The van der Waals surface area contributed by atoms with E-state index in [9.17, 15) is 9.59 Å². The first kappa shape index (κ1) is 16.2. The van der Waals surface area contributed by atoms with Crippen LogP contribution < -0.4 is 5.32 Å². The normalized spacial score (nSPS) is 25.0. The van der Waals surface area contributed by atoms with Gasteiger partial charge in [-0.3, -0.25) is 14.6 Å². The summed E-state index contributed by atoms with van der Waals surface area (Å²) in [6, 6.07) is 2.39. The lowest BCUT2D eigenvalue weighted by atomic mass is 9.96. The monoisotopic (exact) mass is 356 g/mol. The molecular weight excluding hydrogens is 336 g/mol. The second kappa shape index (κ2) is 6.55. The van der Waals surface area contributed by atoms with E-state index in [4.69, 9.17) is 0 Å². The minimum absolute atomic E-state index is 0.0830. The van der Waals surface area contributed by atoms with Crippen molar-refractivity contribution in [3.8, 4) is 0 Å². The first-order valence-electron chi connectivity index (χ1n) is 8.56. The number of aromatic nitrogens is 2. The van der Waals surface area contributed by atoms with Crippen molar-refractivity contribution in [1.29, 1.82) is 0 Å². The van der Waals surface area contributed by atoms with E-state index < -0.39 is 0 Å². The summed E-state index contributed by atoms with van der Waals surface area (Å²) in [5, 5.41) is 6.92. The van der Waals surface area contributed by atoms with Crippen LogP contribution in [0, 0.1) is 6.92 Å². The highest BCUT2D eigenvalue weighted by Gasteiger charge is 2.43. The van der Waals surface area contributed by atoms with Crippen LogP contribution in [-0.4, -0.2) is 44.8 Å². The topological polar surface area (TPSA) is 75.2 Å². The standard InChI is InChI=1S/C18H20N4O2S/c1-11-8-20-16(9-19-11)17(23)21-13-6-14-2-3-15(7-13)22(14)18(24)12-4-5-25-10-12/h4-5,8-10,13-15H,2-3,6-7H2,1H3,(H,21,23). The van der Waals surface area contributed by atoms with Crippen molar-refractivity contribution >= 4 is 23.2 Å². The molecule has 2 bridgehead atoms. The van der Waals surface area contributed by atoms with E-state index in [0.29, 0.717) is 5.69 Å². The number of nitrogens with zero attached hydrogens (tertiary/aromatic N) is 3. The maximum absolute atomic E-state index is 12.7. The molecule has 2 atom stereocenters. The van der Waals surface area contributed by atoms with Crippen molar-refractivity contribution in [2.45, 2.75) is 50.7 Å². The highest BCUT2D eigenvalue weighted by atomic mass is 32.1. The Labute approximate surface area is 150 Å². The number of fused-ring (bicyclic) bond motifs is 2. The number of thiophene rings is 1. The fourth-order valence-corrected chi connectivity index (χ4v) is 4.56. The molecule has 2 amide bonds. The van der Waals surface area contributed by atoms with Gasteiger partial charge in [0, 0.05) is 29.7 Å². The largest absolute Gasteiger partial charge is 0.348 e. The third kappa shape index (κ3) is 3.16. The molecule has 2 aromatic heterocycles. The molecule has 2 aliphatic heterocycles. The summed E-state index contributed by atoms with van der Waals surface area (Å²) in [5.41, 5.74) is 1.91. The van der Waals surface area contributed by atoms with Gasteiger partial charge in [-0.25, -0.2) is 4.98 Å². The summed E-state index contributed by atoms with van der Waals surface area (Å²) >= 11 is 1.54. The number of nitrogens with one attached hydrogen (secondary N) is 1. The molecule has 2 aliphatic rings. The Kier molecular flexibility index (Phi) is 4.25. The van der Waals surface area contributed by atoms with Gasteiger partial charge in [-0.15, -0.1) is 0 Å². The minimum Gasteiger partial charge on any atom is -0.348 e. The highest BCUT2D eigenvalue weighted by Crippen LogP contribution is 2.37. The van der Waals surface area contributed by atoms with E-state index in [1.54, 1.807) is 17.5 Å². The van der Waals surface area contributed by atoms with Crippen LogP contribution in [0.15, 0.2) is 29.2 Å². The van der Waals surface area contributed by atoms with E-state index in [2.05, 4.69) is 15.3 Å². The van der Waals surface area contributed by atoms with Crippen LogP contribution in [0.4, 0.5) is 0 Å². The van der Waals surface area contributed by atoms with Crippen molar-refractivity contribution in [1.82, 2.24) is 20.2 Å². The summed E-state index contributed by atoms with van der Waals surface area (Å²) in [4.78, 5) is 35.4. The Hall–Kier alpha value is -2.28. The van der Waals surface area contributed by atoms with Gasteiger partial charge >= 0.3 is 0 Å². The third-order valence-corrected chi connectivity index (χ3v) is 5.77. The van der Waals surface area contributed by atoms with Gasteiger partial charge in [-0.1, -0.05) is 0 Å². The SMILES string of the molecule is Cc1cnc(C(=O)NC2CC3CCC(C2)N3C(=O)c2ccsc2)cn1. The molecule has 25 heavy (non-hydrogen) atoms. The lowest BCUT2D eigenvalue weighted by Crippen LogP contribution is -2.52. The second-order valence-electron chi connectivity index (χ2n) is 6.79. The second-order valence-corrected chi connectivity index (χ2v) is 7.57. The van der Waals surface area contributed by atoms with Gasteiger partial charge in [-0.2, -0.15) is 11.3 Å². The minimum atomic E-state index is -0.186. The van der Waals surface area contributed by atoms with Gasteiger partial charge in [0.1, 0.15) is 5.69 Å². The zero-order chi connectivity index (χ0) is 17.4. The quantitative estimate of drug-likeness (QED) is 0.916. The van der Waals surface area contributed by atoms with Crippen LogP contribution in [0.3, 0.4) is 0 Å². The zero-order valence-electron chi connectivity index (χ0n) is 14.0. The number of piperidine rings is 1. The van der Waals surface area contributed by atoms with E-state index >= 15 is 0 Å². The summed E-state index contributed by atoms with van der Waals surface area (Å²) < 4.78 is 0. The molecule has 2 saturated heterocycles. The predicted molar refractivity (Wildman–Crippen MR) is 94.6 cm³/mol. The molecule has 0 radical (unpaired) electrons. The van der Waals surface area contributed by atoms with Gasteiger partial charge in [0.2, 0.25) is 0 Å². The number of hydrogen-bond donors (Lipinski definition) is 1. The van der Waals surface area contributed by atoms with Crippen molar-refractivity contribution in [3.63, 3.8) is 0 Å². The fourth-order valence-electron chi connectivity index (χ4n) is 3.93. The van der Waals surface area contributed by atoms with Crippen LogP contribution >= 0.6 is 11.3 Å². The molecule has 0 aromatic carbocycles. The summed E-state index contributed by atoms with van der Waals surface area (Å²) in [7, 11) is 0. The zero-order valence-corrected chi connectivity index (χ0v) is 14.8. The van der Waals surface area contributed by atoms with Crippen molar-refractivity contribution < 1.29 is 9.59 Å². The van der Waals surface area contributed by atoms with Gasteiger partial charge in [0.05, 0.1) is 17.5 Å². The Bertz CT molecular complexity index is 761. The number of aryl methyl sites for hydroxylation is 1. The molecule has 4 rings (SSSR count). The summed E-state index contributed by atoms with van der Waals surface area (Å²) in [6.07, 6.45) is 6.73. The molecule has 2 unspecified atom stereocenters. The molecule has 0 spiro atoms. The molecule has 1 N–H and O–H groups in total. The smallest absolute Gasteiger partial charge is 0.271 e. The number of rotatable bonds is 3. The van der Waals surface area contributed by atoms with Gasteiger partial charge < -0.3 is 10.2 Å². The maximum atomic E-state index is 12.7. The van der Waals surface area contributed by atoms with Crippen molar-refractivity contribution in [2.24, 2.45) is 0 Å². The van der Waals surface area contributed by atoms with Crippen molar-refractivity contribution in [2.75, 3.05) is 0 Å². The van der Waals surface area contributed by atoms with E-state index in [1.807, 2.05) is 28.7 Å². The average Bonchev–Trinajstić information content (AvgIpc) is 3.22. The number of hydrogen-bond acceptors (Lipinski definition) is 5. The average molecular weight is 356 g/mol. The number of carbonyl (C=O) groups excluding carboxylic acids is 2. The van der Waals surface area contributed by atoms with Crippen LogP contribution in [0.25, 0.3) is 0 Å². The van der Waals surface area contributed by atoms with Crippen molar-refractivity contribution in [3.05, 3.63) is 46.2 Å². The van der Waals surface area contributed by atoms with Crippen LogP contribution in [0.1, 0.15) is 52.2 Å². The number of carbonyl (C=O) groups is 2. The number of amides is 2. The van der Waals surface area contributed by atoms with Gasteiger partial charge in [0.25, 0.3) is 11.8 Å². The Balaban J connectivity index is 1.42. The lowest BCUT2D eigenvalue weighted by Gasteiger charge is -2.39. The predicted octanol–water partition coefficient (Wildman–Crippen LogP) is 2.41. The van der Waals surface area contributed by atoms with E-state index in [1.165, 1.54) is 6.20 Å². The Morgan fingerprint density at radius 3 is 2.56 bits per heavy atom. The molecule has 130 valence electrons. The maximum Gasteiger partial charge on any atom is 0.271 e. The van der Waals surface area contributed by atoms with Gasteiger partial charge in [0.15, 0.2) is 0 Å². The van der Waals surface area contributed by atoms with E-state index in [0.717, 1.165) is 36.9 Å². The summed E-state index contributed by atoms with van der Waals surface area (Å²) in [5.74, 6) is -0.0579. The molecule has 7 heteroatoms.